The minimum atomic E-state index is -0.469. The zero-order chi connectivity index (χ0) is 15.5. The average molecular weight is 358 g/mol. The highest BCUT2D eigenvalue weighted by molar-refractivity contribution is 9.10. The molecule has 0 N–H and O–H groups in total. The van der Waals surface area contributed by atoms with Crippen LogP contribution in [0.3, 0.4) is 0 Å². The van der Waals surface area contributed by atoms with Crippen LogP contribution in [0.15, 0.2) is 63.7 Å². The lowest BCUT2D eigenvalue weighted by Gasteiger charge is -2.03. The third kappa shape index (κ3) is 2.94. The Balaban J connectivity index is 1.96. The Hall–Kier alpha value is -2.40. The van der Waals surface area contributed by atoms with E-state index in [0.29, 0.717) is 11.6 Å². The summed E-state index contributed by atoms with van der Waals surface area (Å²) in [4.78, 5) is 16.2. The lowest BCUT2D eigenvalue weighted by Crippen LogP contribution is -2.05. The van der Waals surface area contributed by atoms with Gasteiger partial charge in [-0.1, -0.05) is 34.1 Å². The molecular weight excluding hydrogens is 346 g/mol. The molecule has 22 heavy (non-hydrogen) atoms. The lowest BCUT2D eigenvalue weighted by atomic mass is 10.1. The smallest absolute Gasteiger partial charge is 0.363 e. The molecule has 5 heteroatoms. The lowest BCUT2D eigenvalue weighted by molar-refractivity contribution is -0.129. The molecule has 110 valence electrons. The van der Waals surface area contributed by atoms with Crippen molar-refractivity contribution < 1.29 is 14.3 Å². The van der Waals surface area contributed by atoms with Gasteiger partial charge in [0.1, 0.15) is 5.75 Å². The molecular formula is C17H12BrNO3. The molecule has 4 nitrogen and oxygen atoms in total. The van der Waals surface area contributed by atoms with Gasteiger partial charge in [0, 0.05) is 15.6 Å². The first-order chi connectivity index (χ1) is 10.7. The summed E-state index contributed by atoms with van der Waals surface area (Å²) in [5.41, 5.74) is 1.78. The Morgan fingerprint density at radius 3 is 2.59 bits per heavy atom. The topological polar surface area (TPSA) is 47.9 Å². The zero-order valence-electron chi connectivity index (χ0n) is 11.7. The molecule has 2 aromatic rings. The van der Waals surface area contributed by atoms with Crippen molar-refractivity contribution in [2.24, 2.45) is 4.99 Å². The number of aliphatic imine (C=N–C) groups is 1. The number of halogens is 1. The summed E-state index contributed by atoms with van der Waals surface area (Å²) in [6, 6.07) is 14.8. The maximum absolute atomic E-state index is 12.0. The molecule has 0 saturated heterocycles. The van der Waals surface area contributed by atoms with E-state index in [1.54, 1.807) is 13.2 Å². The first-order valence-corrected chi connectivity index (χ1v) is 7.38. The fourth-order valence-corrected chi connectivity index (χ4v) is 2.32. The van der Waals surface area contributed by atoms with Gasteiger partial charge in [-0.3, -0.25) is 0 Å². The van der Waals surface area contributed by atoms with E-state index in [2.05, 4.69) is 20.9 Å². The molecule has 1 aliphatic rings. The van der Waals surface area contributed by atoms with Crippen LogP contribution >= 0.6 is 15.9 Å². The SMILES string of the molecule is COc1ccccc1C=C1N=C(c2ccc(Br)cc2)OC1=O. The fourth-order valence-electron chi connectivity index (χ4n) is 2.06. The number of ether oxygens (including phenoxy) is 2. The summed E-state index contributed by atoms with van der Waals surface area (Å²) in [5, 5.41) is 0. The largest absolute Gasteiger partial charge is 0.496 e. The number of hydrogen-bond acceptors (Lipinski definition) is 4. The normalized spacial score (nSPS) is 15.6. The third-order valence-electron chi connectivity index (χ3n) is 3.14. The van der Waals surface area contributed by atoms with E-state index in [1.807, 2.05) is 48.5 Å². The Bertz CT molecular complexity index is 779. The van der Waals surface area contributed by atoms with Crippen LogP contribution in [0.5, 0.6) is 5.75 Å². The van der Waals surface area contributed by atoms with Crippen LogP contribution in [0.25, 0.3) is 6.08 Å². The van der Waals surface area contributed by atoms with E-state index < -0.39 is 5.97 Å². The highest BCUT2D eigenvalue weighted by Gasteiger charge is 2.24. The number of cyclic esters (lactones) is 1. The highest BCUT2D eigenvalue weighted by Crippen LogP contribution is 2.24. The summed E-state index contributed by atoms with van der Waals surface area (Å²) in [6.07, 6.45) is 1.66. The van der Waals surface area contributed by atoms with E-state index in [9.17, 15) is 4.79 Å². The summed E-state index contributed by atoms with van der Waals surface area (Å²) >= 11 is 3.36. The number of rotatable bonds is 3. The predicted octanol–water partition coefficient (Wildman–Crippen LogP) is 3.80. The number of carbonyl (C=O) groups is 1. The number of carbonyl (C=O) groups excluding carboxylic acids is 1. The van der Waals surface area contributed by atoms with Crippen molar-refractivity contribution in [3.63, 3.8) is 0 Å². The Morgan fingerprint density at radius 1 is 1.14 bits per heavy atom. The maximum Gasteiger partial charge on any atom is 0.363 e. The number of hydrogen-bond donors (Lipinski definition) is 0. The van der Waals surface area contributed by atoms with E-state index in [-0.39, 0.29) is 5.70 Å². The number of benzene rings is 2. The van der Waals surface area contributed by atoms with Gasteiger partial charge in [0.05, 0.1) is 7.11 Å². The Kier molecular flexibility index (Phi) is 4.06. The van der Waals surface area contributed by atoms with Gasteiger partial charge >= 0.3 is 5.97 Å². The van der Waals surface area contributed by atoms with Crippen LogP contribution in [0.2, 0.25) is 0 Å². The fraction of sp³-hybridized carbons (Fsp3) is 0.0588. The maximum atomic E-state index is 12.0. The van der Waals surface area contributed by atoms with E-state index in [0.717, 1.165) is 15.6 Å². The van der Waals surface area contributed by atoms with Crippen molar-refractivity contribution >= 4 is 33.9 Å². The van der Waals surface area contributed by atoms with Crippen LogP contribution in [0.1, 0.15) is 11.1 Å². The monoisotopic (exact) mass is 357 g/mol. The summed E-state index contributed by atoms with van der Waals surface area (Å²) in [5.74, 6) is 0.512. The predicted molar refractivity (Wildman–Crippen MR) is 87.7 cm³/mol. The van der Waals surface area contributed by atoms with E-state index in [1.165, 1.54) is 0 Å². The number of esters is 1. The minimum Gasteiger partial charge on any atom is -0.496 e. The van der Waals surface area contributed by atoms with Crippen molar-refractivity contribution in [3.8, 4) is 5.75 Å². The average Bonchev–Trinajstić information content (AvgIpc) is 2.89. The molecule has 2 aromatic carbocycles. The number of methoxy groups -OCH3 is 1. The van der Waals surface area contributed by atoms with Gasteiger partial charge in [-0.2, -0.15) is 0 Å². The molecule has 1 aliphatic heterocycles. The van der Waals surface area contributed by atoms with Crippen LogP contribution in [-0.2, 0) is 9.53 Å². The number of nitrogens with zero attached hydrogens (tertiary/aromatic N) is 1. The molecule has 0 bridgehead atoms. The molecule has 0 aliphatic carbocycles. The van der Waals surface area contributed by atoms with Crippen LogP contribution < -0.4 is 4.74 Å². The summed E-state index contributed by atoms with van der Waals surface area (Å²) in [7, 11) is 1.58. The van der Waals surface area contributed by atoms with Gasteiger partial charge in [0.15, 0.2) is 5.70 Å². The standard InChI is InChI=1S/C17H12BrNO3/c1-21-15-5-3-2-4-12(15)10-14-17(20)22-16(19-14)11-6-8-13(18)9-7-11/h2-10H,1H3. The first kappa shape index (κ1) is 14.5. The van der Waals surface area contributed by atoms with Crippen molar-refractivity contribution in [3.05, 3.63) is 69.8 Å². The minimum absolute atomic E-state index is 0.252. The zero-order valence-corrected chi connectivity index (χ0v) is 13.3. The molecule has 0 unspecified atom stereocenters. The van der Waals surface area contributed by atoms with Crippen LogP contribution in [0.4, 0.5) is 0 Å². The summed E-state index contributed by atoms with van der Waals surface area (Å²) < 4.78 is 11.4. The van der Waals surface area contributed by atoms with Crippen molar-refractivity contribution in [1.29, 1.82) is 0 Å². The van der Waals surface area contributed by atoms with Gasteiger partial charge in [0.25, 0.3) is 0 Å². The third-order valence-corrected chi connectivity index (χ3v) is 3.67. The van der Waals surface area contributed by atoms with Gasteiger partial charge in [-0.05, 0) is 36.4 Å². The van der Waals surface area contributed by atoms with E-state index in [4.69, 9.17) is 9.47 Å². The van der Waals surface area contributed by atoms with Gasteiger partial charge in [0.2, 0.25) is 5.90 Å². The molecule has 0 fully saturated rings. The quantitative estimate of drug-likeness (QED) is 0.619. The summed E-state index contributed by atoms with van der Waals surface area (Å²) in [6.45, 7) is 0. The Labute approximate surface area is 136 Å². The van der Waals surface area contributed by atoms with Crippen molar-refractivity contribution in [1.82, 2.24) is 0 Å². The molecule has 0 saturated carbocycles. The molecule has 0 radical (unpaired) electrons. The molecule has 0 aromatic heterocycles. The second kappa shape index (κ2) is 6.15. The highest BCUT2D eigenvalue weighted by atomic mass is 79.9. The van der Waals surface area contributed by atoms with Gasteiger partial charge in [-0.25, -0.2) is 9.79 Å². The molecule has 0 spiro atoms. The first-order valence-electron chi connectivity index (χ1n) is 6.59. The molecule has 1 heterocycles. The van der Waals surface area contributed by atoms with Gasteiger partial charge in [-0.15, -0.1) is 0 Å². The molecule has 0 atom stereocenters. The van der Waals surface area contributed by atoms with Crippen molar-refractivity contribution in [2.75, 3.05) is 7.11 Å². The van der Waals surface area contributed by atoms with Gasteiger partial charge < -0.3 is 9.47 Å². The molecule has 3 rings (SSSR count). The molecule has 0 amide bonds. The Morgan fingerprint density at radius 2 is 1.86 bits per heavy atom. The second-order valence-corrected chi connectivity index (χ2v) is 5.50. The van der Waals surface area contributed by atoms with E-state index >= 15 is 0 Å². The van der Waals surface area contributed by atoms with Crippen LogP contribution in [-0.4, -0.2) is 19.0 Å². The van der Waals surface area contributed by atoms with Crippen molar-refractivity contribution in [2.45, 2.75) is 0 Å². The second-order valence-electron chi connectivity index (χ2n) is 4.58. The van der Waals surface area contributed by atoms with Crippen LogP contribution in [0, 0.1) is 0 Å². The number of para-hydroxylation sites is 1.